The van der Waals surface area contributed by atoms with Crippen molar-refractivity contribution in [2.75, 3.05) is 0 Å². The minimum absolute atomic E-state index is 0.0102. The highest BCUT2D eigenvalue weighted by atomic mass is 16.5. The lowest BCUT2D eigenvalue weighted by Crippen LogP contribution is -2.35. The van der Waals surface area contributed by atoms with Gasteiger partial charge in [0.15, 0.2) is 0 Å². The highest BCUT2D eigenvalue weighted by Crippen LogP contribution is 2.39. The summed E-state index contributed by atoms with van der Waals surface area (Å²) in [6, 6.07) is 0. The summed E-state index contributed by atoms with van der Waals surface area (Å²) < 4.78 is 12.5. The number of hydrogen-bond donors (Lipinski definition) is 0. The molecule has 0 unspecified atom stereocenters. The van der Waals surface area contributed by atoms with Crippen molar-refractivity contribution in [1.82, 2.24) is 0 Å². The van der Waals surface area contributed by atoms with Crippen LogP contribution in [0.15, 0.2) is 0 Å². The standard InChI is InChI=1S/C20H38O2/c1-19(2,3)15-7-9-16(10-8-15)21-17-11-13-18(14-12-17)22-20(4,5)6/h15-18H,7-14H2,1-6H3. The second-order valence-electron chi connectivity index (χ2n) is 9.60. The number of rotatable bonds is 3. The van der Waals surface area contributed by atoms with Gasteiger partial charge in [0.05, 0.1) is 23.9 Å². The zero-order valence-electron chi connectivity index (χ0n) is 15.8. The van der Waals surface area contributed by atoms with Gasteiger partial charge in [0.2, 0.25) is 0 Å². The first-order valence-electron chi connectivity index (χ1n) is 9.47. The van der Waals surface area contributed by atoms with E-state index in [1.54, 1.807) is 0 Å². The first-order valence-corrected chi connectivity index (χ1v) is 9.47. The van der Waals surface area contributed by atoms with E-state index in [0.717, 1.165) is 5.92 Å². The molecule has 0 spiro atoms. The lowest BCUT2D eigenvalue weighted by Gasteiger charge is -2.39. The van der Waals surface area contributed by atoms with Gasteiger partial charge in [0, 0.05) is 0 Å². The highest BCUT2D eigenvalue weighted by molar-refractivity contribution is 4.82. The van der Waals surface area contributed by atoms with E-state index >= 15 is 0 Å². The molecule has 22 heavy (non-hydrogen) atoms. The molecular weight excluding hydrogens is 272 g/mol. The predicted octanol–water partition coefficient (Wildman–Crippen LogP) is 5.73. The fourth-order valence-corrected chi connectivity index (χ4v) is 4.12. The van der Waals surface area contributed by atoms with E-state index in [9.17, 15) is 0 Å². The van der Waals surface area contributed by atoms with Crippen LogP contribution in [0.4, 0.5) is 0 Å². The van der Waals surface area contributed by atoms with Crippen molar-refractivity contribution in [3.8, 4) is 0 Å². The van der Waals surface area contributed by atoms with Gasteiger partial charge in [-0.15, -0.1) is 0 Å². The number of hydrogen-bond acceptors (Lipinski definition) is 2. The van der Waals surface area contributed by atoms with Crippen molar-refractivity contribution < 1.29 is 9.47 Å². The second kappa shape index (κ2) is 7.21. The average molecular weight is 311 g/mol. The molecule has 0 aromatic carbocycles. The molecule has 0 atom stereocenters. The van der Waals surface area contributed by atoms with Gasteiger partial charge in [-0.1, -0.05) is 20.8 Å². The first kappa shape index (κ1) is 18.3. The van der Waals surface area contributed by atoms with Gasteiger partial charge in [-0.2, -0.15) is 0 Å². The Morgan fingerprint density at radius 3 is 1.41 bits per heavy atom. The van der Waals surface area contributed by atoms with E-state index in [1.165, 1.54) is 51.4 Å². The lowest BCUT2D eigenvalue weighted by atomic mass is 9.72. The minimum atomic E-state index is -0.0102. The van der Waals surface area contributed by atoms with E-state index in [4.69, 9.17) is 9.47 Å². The maximum absolute atomic E-state index is 6.42. The van der Waals surface area contributed by atoms with E-state index in [1.807, 2.05) is 0 Å². The molecule has 2 fully saturated rings. The van der Waals surface area contributed by atoms with E-state index in [-0.39, 0.29) is 5.60 Å². The number of ether oxygens (including phenoxy) is 2. The summed E-state index contributed by atoms with van der Waals surface area (Å²) in [7, 11) is 0. The van der Waals surface area contributed by atoms with Crippen molar-refractivity contribution in [2.45, 2.75) is 117 Å². The SMILES string of the molecule is CC(C)(C)OC1CCC(OC2CCC(C(C)(C)C)CC2)CC1. The van der Waals surface area contributed by atoms with Gasteiger partial charge >= 0.3 is 0 Å². The Morgan fingerprint density at radius 2 is 1.00 bits per heavy atom. The molecule has 0 aromatic heterocycles. The van der Waals surface area contributed by atoms with Crippen molar-refractivity contribution in [2.24, 2.45) is 11.3 Å². The third-order valence-corrected chi connectivity index (χ3v) is 5.43. The predicted molar refractivity (Wildman–Crippen MR) is 93.2 cm³/mol. The van der Waals surface area contributed by atoms with Gasteiger partial charge in [-0.05, 0) is 83.5 Å². The molecule has 0 heterocycles. The maximum Gasteiger partial charge on any atom is 0.0602 e. The molecular formula is C20H38O2. The normalized spacial score (nSPS) is 34.6. The molecule has 0 aliphatic heterocycles. The Hall–Kier alpha value is -0.0800. The van der Waals surface area contributed by atoms with Gasteiger partial charge in [0.1, 0.15) is 0 Å². The van der Waals surface area contributed by atoms with Crippen LogP contribution in [0.1, 0.15) is 92.9 Å². The van der Waals surface area contributed by atoms with Crippen molar-refractivity contribution >= 4 is 0 Å². The third-order valence-electron chi connectivity index (χ3n) is 5.43. The highest BCUT2D eigenvalue weighted by Gasteiger charge is 2.32. The molecule has 0 bridgehead atoms. The molecule has 0 aromatic rings. The summed E-state index contributed by atoms with van der Waals surface area (Å²) in [5.74, 6) is 0.878. The summed E-state index contributed by atoms with van der Waals surface area (Å²) >= 11 is 0. The molecule has 2 saturated carbocycles. The first-order chi connectivity index (χ1) is 10.1. The Morgan fingerprint density at radius 1 is 0.591 bits per heavy atom. The largest absolute Gasteiger partial charge is 0.375 e. The molecule has 0 N–H and O–H groups in total. The van der Waals surface area contributed by atoms with E-state index in [0.29, 0.717) is 23.7 Å². The van der Waals surface area contributed by atoms with Crippen LogP contribution in [0.2, 0.25) is 0 Å². The van der Waals surface area contributed by atoms with Crippen LogP contribution in [0.5, 0.6) is 0 Å². The molecule has 2 aliphatic carbocycles. The molecule has 0 amide bonds. The quantitative estimate of drug-likeness (QED) is 0.662. The Kier molecular flexibility index (Phi) is 5.99. The van der Waals surface area contributed by atoms with Crippen LogP contribution in [-0.2, 0) is 9.47 Å². The second-order valence-corrected chi connectivity index (χ2v) is 9.60. The smallest absolute Gasteiger partial charge is 0.0602 e. The van der Waals surface area contributed by atoms with Crippen molar-refractivity contribution in [1.29, 1.82) is 0 Å². The summed E-state index contributed by atoms with van der Waals surface area (Å²) in [5.41, 5.74) is 0.455. The molecule has 2 aliphatic rings. The van der Waals surface area contributed by atoms with Crippen LogP contribution < -0.4 is 0 Å². The summed E-state index contributed by atoms with van der Waals surface area (Å²) in [6.07, 6.45) is 11.4. The fraction of sp³-hybridized carbons (Fsp3) is 1.00. The van der Waals surface area contributed by atoms with Gasteiger partial charge in [-0.25, -0.2) is 0 Å². The van der Waals surface area contributed by atoms with Gasteiger partial charge < -0.3 is 9.47 Å². The summed E-state index contributed by atoms with van der Waals surface area (Å²) in [4.78, 5) is 0. The van der Waals surface area contributed by atoms with Gasteiger partial charge in [0.25, 0.3) is 0 Å². The zero-order valence-corrected chi connectivity index (χ0v) is 15.8. The van der Waals surface area contributed by atoms with Crippen LogP contribution >= 0.6 is 0 Å². The fourth-order valence-electron chi connectivity index (χ4n) is 4.12. The Balaban J connectivity index is 1.67. The van der Waals surface area contributed by atoms with Gasteiger partial charge in [-0.3, -0.25) is 0 Å². The minimum Gasteiger partial charge on any atom is -0.375 e. The van der Waals surface area contributed by atoms with Crippen molar-refractivity contribution in [3.05, 3.63) is 0 Å². The molecule has 2 heteroatoms. The Bertz CT molecular complexity index is 321. The topological polar surface area (TPSA) is 18.5 Å². The Labute approximate surface area is 138 Å². The third kappa shape index (κ3) is 5.85. The molecule has 0 radical (unpaired) electrons. The van der Waals surface area contributed by atoms with Crippen LogP contribution in [0.3, 0.4) is 0 Å². The lowest BCUT2D eigenvalue weighted by molar-refractivity contribution is -0.110. The molecule has 130 valence electrons. The zero-order chi connectivity index (χ0) is 16.4. The average Bonchev–Trinajstić information content (AvgIpc) is 2.39. The summed E-state index contributed by atoms with van der Waals surface area (Å²) in [6.45, 7) is 13.6. The maximum atomic E-state index is 6.42. The van der Waals surface area contributed by atoms with E-state index < -0.39 is 0 Å². The van der Waals surface area contributed by atoms with Crippen molar-refractivity contribution in [3.63, 3.8) is 0 Å². The van der Waals surface area contributed by atoms with Crippen LogP contribution in [0, 0.1) is 11.3 Å². The van der Waals surface area contributed by atoms with Crippen LogP contribution in [-0.4, -0.2) is 23.9 Å². The summed E-state index contributed by atoms with van der Waals surface area (Å²) in [5, 5.41) is 0. The molecule has 2 rings (SSSR count). The molecule has 2 nitrogen and oxygen atoms in total. The van der Waals surface area contributed by atoms with Crippen LogP contribution in [0.25, 0.3) is 0 Å². The molecule has 0 saturated heterocycles. The monoisotopic (exact) mass is 310 g/mol. The van der Waals surface area contributed by atoms with E-state index in [2.05, 4.69) is 41.5 Å².